The molecule has 19 heteroatoms. The number of ether oxygens (including phenoxy) is 2. The molecule has 198 valence electrons. The van der Waals surface area contributed by atoms with Gasteiger partial charge in [0.25, 0.3) is 5.56 Å². The van der Waals surface area contributed by atoms with E-state index in [9.17, 15) is 48.6 Å². The number of hydrogen-bond acceptors (Lipinski definition) is 13. The number of phosphoric ester groups is 2. The number of ketones is 1. The topological polar surface area (TPSA) is 253 Å². The highest BCUT2D eigenvalue weighted by Crippen LogP contribution is 2.61. The lowest BCUT2D eigenvalue weighted by molar-refractivity contribution is -0.223. The van der Waals surface area contributed by atoms with E-state index in [0.717, 1.165) is 4.57 Å². The first-order chi connectivity index (χ1) is 16.1. The van der Waals surface area contributed by atoms with Gasteiger partial charge >= 0.3 is 21.3 Å². The average molecular weight is 546 g/mol. The monoisotopic (exact) mass is 546 g/mol. The fourth-order valence-corrected chi connectivity index (χ4v) is 5.44. The maximum Gasteiger partial charge on any atom is 0.483 e. The third-order valence-corrected chi connectivity index (χ3v) is 7.74. The average Bonchev–Trinajstić information content (AvgIpc) is 3.11. The van der Waals surface area contributed by atoms with E-state index in [4.69, 9.17) is 9.47 Å². The van der Waals surface area contributed by atoms with Crippen molar-refractivity contribution in [2.45, 2.75) is 63.3 Å². The van der Waals surface area contributed by atoms with Gasteiger partial charge in [0.2, 0.25) is 6.29 Å². The first-order valence-corrected chi connectivity index (χ1v) is 13.0. The number of aliphatic hydroxyl groups is 3. The summed E-state index contributed by atoms with van der Waals surface area (Å²) in [6.07, 6.45) is -9.87. The van der Waals surface area contributed by atoms with Crippen LogP contribution in [0.4, 0.5) is 0 Å². The van der Waals surface area contributed by atoms with Crippen LogP contribution in [0.5, 0.6) is 0 Å². The number of aryl methyl sites for hydroxylation is 1. The molecule has 0 amide bonds. The van der Waals surface area contributed by atoms with E-state index in [1.54, 1.807) is 0 Å². The molecular weight excluding hydrogens is 522 g/mol. The molecule has 2 fully saturated rings. The van der Waals surface area contributed by atoms with Crippen LogP contribution < -0.4 is 11.2 Å². The van der Waals surface area contributed by atoms with Gasteiger partial charge in [0.05, 0.1) is 18.8 Å². The Balaban J connectivity index is 1.59. The van der Waals surface area contributed by atoms with Crippen LogP contribution in [0.1, 0.15) is 25.1 Å². The van der Waals surface area contributed by atoms with Gasteiger partial charge < -0.3 is 34.6 Å². The fourth-order valence-electron chi connectivity index (χ4n) is 3.29. The summed E-state index contributed by atoms with van der Waals surface area (Å²) in [4.78, 5) is 56.8. The Bertz CT molecular complexity index is 1170. The van der Waals surface area contributed by atoms with E-state index in [0.29, 0.717) is 0 Å². The number of aromatic nitrogens is 2. The molecule has 17 nitrogen and oxygen atoms in total. The highest BCUT2D eigenvalue weighted by atomic mass is 31.3. The lowest BCUT2D eigenvalue weighted by atomic mass is 10.0. The summed E-state index contributed by atoms with van der Waals surface area (Å²) in [5.41, 5.74) is -1.24. The molecule has 0 radical (unpaired) electrons. The minimum atomic E-state index is -5.49. The Kier molecular flexibility index (Phi) is 8.33. The summed E-state index contributed by atoms with van der Waals surface area (Å²) >= 11 is 0. The summed E-state index contributed by atoms with van der Waals surface area (Å²) in [5.74, 6) is -1.17. The highest BCUT2D eigenvalue weighted by Gasteiger charge is 2.47. The van der Waals surface area contributed by atoms with Crippen molar-refractivity contribution in [1.82, 2.24) is 9.55 Å². The van der Waals surface area contributed by atoms with Crippen molar-refractivity contribution in [1.29, 1.82) is 0 Å². The number of phosphoric acid groups is 2. The first-order valence-electron chi connectivity index (χ1n) is 10.0. The van der Waals surface area contributed by atoms with Gasteiger partial charge in [-0.15, -0.1) is 0 Å². The van der Waals surface area contributed by atoms with Crippen molar-refractivity contribution in [3.8, 4) is 0 Å². The number of nitrogens with zero attached hydrogens (tertiary/aromatic N) is 1. The number of rotatable bonds is 8. The molecule has 6 N–H and O–H groups in total. The Morgan fingerprint density at radius 2 is 1.77 bits per heavy atom. The molecule has 3 rings (SSSR count). The summed E-state index contributed by atoms with van der Waals surface area (Å²) in [5, 5.41) is 29.4. The quantitative estimate of drug-likeness (QED) is 0.189. The van der Waals surface area contributed by atoms with Crippen molar-refractivity contribution in [2.24, 2.45) is 0 Å². The van der Waals surface area contributed by atoms with Crippen LogP contribution in [0.15, 0.2) is 15.8 Å². The molecular formula is C16H24N2O15P2. The Morgan fingerprint density at radius 1 is 1.11 bits per heavy atom. The fraction of sp³-hybridized carbons (Fsp3) is 0.688. The Hall–Kier alpha value is -1.59. The third kappa shape index (κ3) is 6.60. The molecule has 2 aliphatic rings. The van der Waals surface area contributed by atoms with Gasteiger partial charge in [0.15, 0.2) is 11.9 Å². The standard InChI is InChI=1S/C16H24N2O15P2/c1-6-4-18(16(24)17-14(6)23)10-3-8(19)9(31-10)5-29-34(25,26)33-35(27,28)32-15-13(22)12(21)11(20)7(2)30-15/h4,7-11,13,15,19-20,22H,3,5H2,1-2H3,(H,25,26)(H,27,28)(H,17,23,24)/t7?,8-,9+,10+,11+,13?,15+/m0/s1. The number of nitrogens with one attached hydrogen (secondary N) is 1. The van der Waals surface area contributed by atoms with Crippen LogP contribution in [0.3, 0.4) is 0 Å². The zero-order valence-corrected chi connectivity index (χ0v) is 20.0. The summed E-state index contributed by atoms with van der Waals surface area (Å²) in [6, 6.07) is 0. The van der Waals surface area contributed by atoms with Crippen LogP contribution in [0, 0.1) is 6.92 Å². The molecule has 1 aromatic rings. The number of carbonyl (C=O) groups excluding carboxylic acids is 1. The van der Waals surface area contributed by atoms with Gasteiger partial charge in [-0.3, -0.25) is 28.2 Å². The molecule has 2 aliphatic heterocycles. The van der Waals surface area contributed by atoms with E-state index in [1.165, 1.54) is 20.0 Å². The van der Waals surface area contributed by atoms with E-state index in [-0.39, 0.29) is 12.0 Å². The molecule has 2 saturated heterocycles. The van der Waals surface area contributed by atoms with Crippen LogP contribution >= 0.6 is 15.6 Å². The van der Waals surface area contributed by atoms with Gasteiger partial charge in [0, 0.05) is 18.2 Å². The van der Waals surface area contributed by atoms with Gasteiger partial charge in [-0.1, -0.05) is 0 Å². The molecule has 0 aromatic carbocycles. The summed E-state index contributed by atoms with van der Waals surface area (Å²) in [6.45, 7) is 1.80. The van der Waals surface area contributed by atoms with Gasteiger partial charge in [0.1, 0.15) is 18.4 Å². The molecule has 3 heterocycles. The van der Waals surface area contributed by atoms with Crippen LogP contribution in [-0.4, -0.2) is 83.9 Å². The van der Waals surface area contributed by atoms with Gasteiger partial charge in [-0.05, 0) is 13.8 Å². The molecule has 0 aliphatic carbocycles. The molecule has 4 unspecified atom stereocenters. The van der Waals surface area contributed by atoms with Crippen LogP contribution in [-0.2, 0) is 36.8 Å². The zero-order valence-electron chi connectivity index (χ0n) is 18.2. The second-order valence-corrected chi connectivity index (χ2v) is 10.8. The predicted molar refractivity (Wildman–Crippen MR) is 110 cm³/mol. The van der Waals surface area contributed by atoms with Crippen molar-refractivity contribution in [3.05, 3.63) is 32.6 Å². The van der Waals surface area contributed by atoms with Gasteiger partial charge in [-0.2, -0.15) is 4.31 Å². The Morgan fingerprint density at radius 3 is 2.43 bits per heavy atom. The zero-order chi connectivity index (χ0) is 26.3. The molecule has 1 aromatic heterocycles. The van der Waals surface area contributed by atoms with E-state index < -0.39 is 82.3 Å². The van der Waals surface area contributed by atoms with Crippen LogP contribution in [0.25, 0.3) is 0 Å². The maximum atomic E-state index is 12.1. The molecule has 0 spiro atoms. The van der Waals surface area contributed by atoms with Crippen molar-refractivity contribution >= 4 is 21.4 Å². The van der Waals surface area contributed by atoms with Gasteiger partial charge in [-0.25, -0.2) is 13.9 Å². The third-order valence-electron chi connectivity index (χ3n) is 5.14. The number of aliphatic hydroxyl groups excluding tert-OH is 3. The predicted octanol–water partition coefficient (Wildman–Crippen LogP) is -2.22. The number of carbonyl (C=O) groups is 1. The van der Waals surface area contributed by atoms with Crippen molar-refractivity contribution in [2.75, 3.05) is 6.61 Å². The molecule has 9 atom stereocenters. The van der Waals surface area contributed by atoms with E-state index in [1.807, 2.05) is 0 Å². The summed E-state index contributed by atoms with van der Waals surface area (Å²) in [7, 11) is -10.8. The number of H-pyrrole nitrogens is 1. The number of aromatic amines is 1. The minimum absolute atomic E-state index is 0.160. The number of Topliss-reactive ketones (excluding diaryl/α,β-unsaturated/α-hetero) is 1. The Labute approximate surface area is 196 Å². The van der Waals surface area contributed by atoms with Crippen LogP contribution in [0.2, 0.25) is 0 Å². The minimum Gasteiger partial charge on any atom is -0.390 e. The van der Waals surface area contributed by atoms with Crippen molar-refractivity contribution < 1.29 is 61.9 Å². The van der Waals surface area contributed by atoms with Crippen molar-refractivity contribution in [3.63, 3.8) is 0 Å². The van der Waals surface area contributed by atoms with E-state index in [2.05, 4.69) is 18.3 Å². The number of hydrogen-bond donors (Lipinski definition) is 6. The lowest BCUT2D eigenvalue weighted by Gasteiger charge is -2.34. The highest BCUT2D eigenvalue weighted by molar-refractivity contribution is 7.61. The SMILES string of the molecule is Cc1cn([C@H]2C[C@H](O)[C@@H](COP(=O)(O)OP(=O)(O)O[C@H]3OC(C)[C@@H](O)C(=O)C3O)O2)c(=O)[nH]c1=O. The molecule has 0 saturated carbocycles. The second-order valence-electron chi connectivity index (χ2n) is 7.83. The van der Waals surface area contributed by atoms with E-state index >= 15 is 0 Å². The normalized spacial score (nSPS) is 34.9. The second kappa shape index (κ2) is 10.4. The molecule has 0 bridgehead atoms. The largest absolute Gasteiger partial charge is 0.483 e. The first kappa shape index (κ1) is 28.0. The maximum absolute atomic E-state index is 12.1. The smallest absolute Gasteiger partial charge is 0.390 e. The molecule has 35 heavy (non-hydrogen) atoms. The lowest BCUT2D eigenvalue weighted by Crippen LogP contribution is -2.54. The summed E-state index contributed by atoms with van der Waals surface area (Å²) < 4.78 is 48.7.